The van der Waals surface area contributed by atoms with Crippen molar-refractivity contribution < 1.29 is 19.4 Å². The van der Waals surface area contributed by atoms with Crippen molar-refractivity contribution in [1.29, 1.82) is 0 Å². The number of ether oxygens (including phenoxy) is 2. The molecule has 0 aliphatic heterocycles. The van der Waals surface area contributed by atoms with Crippen molar-refractivity contribution in [3.63, 3.8) is 0 Å². The van der Waals surface area contributed by atoms with Gasteiger partial charge in [0.15, 0.2) is 5.82 Å². The normalized spacial score (nSPS) is 10.8. The fourth-order valence-electron chi connectivity index (χ4n) is 2.47. The zero-order chi connectivity index (χ0) is 18.5. The molecule has 0 fully saturated rings. The molecular weight excluding hydrogens is 338 g/mol. The lowest BCUT2D eigenvalue weighted by molar-refractivity contribution is 0.141. The Morgan fingerprint density at radius 3 is 2.85 bits per heavy atom. The quantitative estimate of drug-likeness (QED) is 0.555. The fraction of sp³-hybridized carbons (Fsp3) is 0.294. The van der Waals surface area contributed by atoms with Gasteiger partial charge in [0.05, 0.1) is 6.61 Å². The van der Waals surface area contributed by atoms with E-state index in [4.69, 9.17) is 14.6 Å². The molecule has 3 aromatic rings. The molecule has 0 saturated carbocycles. The van der Waals surface area contributed by atoms with E-state index >= 15 is 0 Å². The number of rotatable bonds is 7. The number of methoxy groups -OCH3 is 1. The Labute approximate surface area is 149 Å². The highest BCUT2D eigenvalue weighted by Gasteiger charge is 2.16. The number of hydrogen-bond donors (Lipinski definition) is 3. The van der Waals surface area contributed by atoms with Crippen molar-refractivity contribution in [2.45, 2.75) is 13.3 Å². The molecule has 3 N–H and O–H groups in total. The number of pyridine rings is 1. The van der Waals surface area contributed by atoms with Crippen LogP contribution in [0.4, 0.5) is 10.6 Å². The molecule has 3 aromatic heterocycles. The van der Waals surface area contributed by atoms with Gasteiger partial charge in [0, 0.05) is 37.2 Å². The summed E-state index contributed by atoms with van der Waals surface area (Å²) in [7, 11) is 1.56. The number of H-pyrrole nitrogens is 1. The molecule has 0 unspecified atom stereocenters. The van der Waals surface area contributed by atoms with Gasteiger partial charge in [-0.25, -0.2) is 4.79 Å². The highest BCUT2D eigenvalue weighted by atomic mass is 16.5. The number of aromatic nitrogens is 4. The lowest BCUT2D eigenvalue weighted by Crippen LogP contribution is -2.12. The molecule has 0 atom stereocenters. The molecule has 0 radical (unpaired) electrons. The van der Waals surface area contributed by atoms with Crippen molar-refractivity contribution in [3.8, 4) is 6.01 Å². The van der Waals surface area contributed by atoms with E-state index in [1.54, 1.807) is 13.3 Å². The third-order valence-electron chi connectivity index (χ3n) is 3.69. The number of aromatic amines is 1. The summed E-state index contributed by atoms with van der Waals surface area (Å²) in [5, 5.41) is 11.3. The second kappa shape index (κ2) is 7.79. The fourth-order valence-corrected chi connectivity index (χ4v) is 2.47. The monoisotopic (exact) mass is 357 g/mol. The SMILES string of the molecule is COCCOc1nc(NC(=O)O)c2[nH]cc(Cc3ccc(C)nc3)c2n1. The molecule has 1 amide bonds. The molecule has 0 spiro atoms. The third-order valence-corrected chi connectivity index (χ3v) is 3.69. The van der Waals surface area contributed by atoms with Crippen LogP contribution < -0.4 is 10.1 Å². The lowest BCUT2D eigenvalue weighted by atomic mass is 10.1. The minimum Gasteiger partial charge on any atom is -0.465 e. The average molecular weight is 357 g/mol. The maximum Gasteiger partial charge on any atom is 0.410 e. The van der Waals surface area contributed by atoms with Gasteiger partial charge in [-0.2, -0.15) is 9.97 Å². The van der Waals surface area contributed by atoms with E-state index in [9.17, 15) is 4.79 Å². The van der Waals surface area contributed by atoms with Crippen LogP contribution in [0.15, 0.2) is 24.5 Å². The number of aryl methyl sites for hydroxylation is 1. The van der Waals surface area contributed by atoms with Crippen LogP contribution in [0, 0.1) is 6.92 Å². The Hall–Kier alpha value is -3.20. The molecule has 0 aliphatic rings. The van der Waals surface area contributed by atoms with Crippen LogP contribution in [0.3, 0.4) is 0 Å². The van der Waals surface area contributed by atoms with Crippen LogP contribution in [-0.2, 0) is 11.2 Å². The third kappa shape index (κ3) is 4.06. The Balaban J connectivity index is 1.97. The van der Waals surface area contributed by atoms with Gasteiger partial charge in [-0.05, 0) is 18.6 Å². The summed E-state index contributed by atoms with van der Waals surface area (Å²) < 4.78 is 10.4. The molecule has 9 heteroatoms. The first-order valence-electron chi connectivity index (χ1n) is 7.98. The number of carboxylic acid groups (broad SMARTS) is 1. The minimum absolute atomic E-state index is 0.0844. The molecule has 136 valence electrons. The number of fused-ring (bicyclic) bond motifs is 1. The topological polar surface area (TPSA) is 122 Å². The van der Waals surface area contributed by atoms with Crippen LogP contribution >= 0.6 is 0 Å². The van der Waals surface area contributed by atoms with E-state index < -0.39 is 6.09 Å². The van der Waals surface area contributed by atoms with Gasteiger partial charge in [-0.3, -0.25) is 10.3 Å². The Morgan fingerprint density at radius 2 is 2.15 bits per heavy atom. The van der Waals surface area contributed by atoms with E-state index in [1.807, 2.05) is 25.3 Å². The number of carbonyl (C=O) groups is 1. The van der Waals surface area contributed by atoms with Crippen molar-refractivity contribution in [2.24, 2.45) is 0 Å². The summed E-state index contributed by atoms with van der Waals surface area (Å²) in [6.07, 6.45) is 2.97. The van der Waals surface area contributed by atoms with Crippen molar-refractivity contribution in [3.05, 3.63) is 41.3 Å². The summed E-state index contributed by atoms with van der Waals surface area (Å²) in [4.78, 5) is 26.9. The van der Waals surface area contributed by atoms with E-state index in [2.05, 4.69) is 25.3 Å². The van der Waals surface area contributed by atoms with Gasteiger partial charge in [0.2, 0.25) is 0 Å². The second-order valence-electron chi connectivity index (χ2n) is 5.65. The number of amides is 1. The van der Waals surface area contributed by atoms with Gasteiger partial charge in [-0.1, -0.05) is 6.07 Å². The zero-order valence-corrected chi connectivity index (χ0v) is 14.4. The second-order valence-corrected chi connectivity index (χ2v) is 5.65. The minimum atomic E-state index is -1.22. The Bertz CT molecular complexity index is 907. The largest absolute Gasteiger partial charge is 0.465 e. The first kappa shape index (κ1) is 17.6. The molecule has 3 rings (SSSR count). The van der Waals surface area contributed by atoms with Gasteiger partial charge in [-0.15, -0.1) is 0 Å². The first-order valence-corrected chi connectivity index (χ1v) is 7.98. The van der Waals surface area contributed by atoms with Crippen molar-refractivity contribution in [1.82, 2.24) is 19.9 Å². The van der Waals surface area contributed by atoms with E-state index in [1.165, 1.54) is 0 Å². The summed E-state index contributed by atoms with van der Waals surface area (Å²) in [5.41, 5.74) is 3.94. The summed E-state index contributed by atoms with van der Waals surface area (Å²) in [6, 6.07) is 4.02. The maximum absolute atomic E-state index is 11.1. The van der Waals surface area contributed by atoms with Crippen LogP contribution in [0.25, 0.3) is 11.0 Å². The maximum atomic E-state index is 11.1. The number of hydrogen-bond acceptors (Lipinski definition) is 6. The summed E-state index contributed by atoms with van der Waals surface area (Å²) in [6.45, 7) is 2.56. The van der Waals surface area contributed by atoms with Gasteiger partial charge in [0.25, 0.3) is 0 Å². The molecule has 0 aromatic carbocycles. The van der Waals surface area contributed by atoms with Crippen LogP contribution in [0.1, 0.15) is 16.8 Å². The van der Waals surface area contributed by atoms with Gasteiger partial charge >= 0.3 is 12.1 Å². The predicted octanol–water partition coefficient (Wildman–Crippen LogP) is 2.37. The molecule has 0 aliphatic carbocycles. The molecule has 0 bridgehead atoms. The van der Waals surface area contributed by atoms with Gasteiger partial charge < -0.3 is 19.6 Å². The Morgan fingerprint density at radius 1 is 1.31 bits per heavy atom. The number of nitrogens with one attached hydrogen (secondary N) is 2. The number of anilines is 1. The van der Waals surface area contributed by atoms with Crippen LogP contribution in [-0.4, -0.2) is 51.5 Å². The summed E-state index contributed by atoms with van der Waals surface area (Å²) >= 11 is 0. The molecule has 26 heavy (non-hydrogen) atoms. The first-order chi connectivity index (χ1) is 12.6. The molecular formula is C17H19N5O4. The molecule has 0 saturated heterocycles. The molecule has 9 nitrogen and oxygen atoms in total. The lowest BCUT2D eigenvalue weighted by Gasteiger charge is -2.08. The van der Waals surface area contributed by atoms with E-state index in [0.29, 0.717) is 24.1 Å². The smallest absolute Gasteiger partial charge is 0.410 e. The zero-order valence-electron chi connectivity index (χ0n) is 14.4. The average Bonchev–Trinajstić information content (AvgIpc) is 3.00. The predicted molar refractivity (Wildman–Crippen MR) is 94.7 cm³/mol. The van der Waals surface area contributed by atoms with Crippen LogP contribution in [0.5, 0.6) is 6.01 Å². The molecule has 3 heterocycles. The standard InChI is InChI=1S/C17H19N5O4/c1-10-3-4-11(8-18-10)7-12-9-19-14-13(12)20-16(26-6-5-25-2)21-15(14)22-17(23)24/h3-4,8-9,19H,5-7H2,1-2H3,(H,23,24)(H,20,21,22). The van der Waals surface area contributed by atoms with Gasteiger partial charge in [0.1, 0.15) is 17.6 Å². The van der Waals surface area contributed by atoms with Crippen molar-refractivity contribution in [2.75, 3.05) is 25.6 Å². The van der Waals surface area contributed by atoms with E-state index in [0.717, 1.165) is 16.8 Å². The Kier molecular flexibility index (Phi) is 5.28. The highest BCUT2D eigenvalue weighted by Crippen LogP contribution is 2.26. The number of nitrogens with zero attached hydrogens (tertiary/aromatic N) is 3. The summed E-state index contributed by atoms with van der Waals surface area (Å²) in [5.74, 6) is 0.142. The van der Waals surface area contributed by atoms with E-state index in [-0.39, 0.29) is 18.4 Å². The van der Waals surface area contributed by atoms with Crippen molar-refractivity contribution >= 4 is 22.9 Å². The van der Waals surface area contributed by atoms with Crippen LogP contribution in [0.2, 0.25) is 0 Å². The highest BCUT2D eigenvalue weighted by molar-refractivity contribution is 5.95.